The number of hydrogen-bond acceptors (Lipinski definition) is 5. The normalized spacial score (nSPS) is 14.7. The Morgan fingerprint density at radius 2 is 2.33 bits per heavy atom. The molecule has 0 aliphatic carbocycles. The van der Waals surface area contributed by atoms with Gasteiger partial charge in [0.1, 0.15) is 5.69 Å². The van der Waals surface area contributed by atoms with Gasteiger partial charge in [-0.2, -0.15) is 5.26 Å². The lowest BCUT2D eigenvalue weighted by molar-refractivity contribution is -0.384. The number of nitriles is 1. The van der Waals surface area contributed by atoms with Gasteiger partial charge in [-0.25, -0.2) is 0 Å². The van der Waals surface area contributed by atoms with Crippen molar-refractivity contribution in [2.45, 2.75) is 13.0 Å². The van der Waals surface area contributed by atoms with Gasteiger partial charge in [0, 0.05) is 25.7 Å². The lowest BCUT2D eigenvalue weighted by Gasteiger charge is -2.38. The molecule has 0 aromatic heterocycles. The third-order valence-electron chi connectivity index (χ3n) is 3.15. The minimum atomic E-state index is -0.426. The molecule has 94 valence electrons. The molecule has 2 rings (SSSR count). The number of nitro benzene ring substituents is 1. The fraction of sp³-hybridized carbons (Fsp3) is 0.417. The third kappa shape index (κ3) is 2.13. The van der Waals surface area contributed by atoms with Crippen LogP contribution in [0.1, 0.15) is 12.5 Å². The molecule has 1 aromatic rings. The third-order valence-corrected chi connectivity index (χ3v) is 3.15. The standard InChI is InChI=1S/C12H14N4O2/c1-2-15(10-7-14-8-10)11-4-3-9(6-13)5-12(11)16(17)18/h3-5,10,14H,2,7-8H2,1H3. The highest BCUT2D eigenvalue weighted by atomic mass is 16.6. The molecule has 6 nitrogen and oxygen atoms in total. The molecule has 1 aliphatic heterocycles. The van der Waals surface area contributed by atoms with E-state index in [1.807, 2.05) is 17.9 Å². The van der Waals surface area contributed by atoms with Gasteiger partial charge in [-0.05, 0) is 19.1 Å². The van der Waals surface area contributed by atoms with Crippen LogP contribution in [0.3, 0.4) is 0 Å². The molecule has 1 heterocycles. The molecule has 0 atom stereocenters. The van der Waals surface area contributed by atoms with Crippen molar-refractivity contribution in [3.63, 3.8) is 0 Å². The summed E-state index contributed by atoms with van der Waals surface area (Å²) >= 11 is 0. The van der Waals surface area contributed by atoms with Crippen LogP contribution in [0, 0.1) is 21.4 Å². The van der Waals surface area contributed by atoms with Crippen LogP contribution in [0.25, 0.3) is 0 Å². The van der Waals surface area contributed by atoms with E-state index < -0.39 is 4.92 Å². The van der Waals surface area contributed by atoms with Gasteiger partial charge in [-0.1, -0.05) is 0 Å². The van der Waals surface area contributed by atoms with Crippen molar-refractivity contribution >= 4 is 11.4 Å². The summed E-state index contributed by atoms with van der Waals surface area (Å²) in [6.07, 6.45) is 0. The first-order valence-electron chi connectivity index (χ1n) is 5.83. The van der Waals surface area contributed by atoms with E-state index in [2.05, 4.69) is 5.32 Å². The van der Waals surface area contributed by atoms with Crippen LogP contribution < -0.4 is 10.2 Å². The number of nitrogens with one attached hydrogen (secondary N) is 1. The van der Waals surface area contributed by atoms with Gasteiger partial charge in [-0.3, -0.25) is 10.1 Å². The summed E-state index contributed by atoms with van der Waals surface area (Å²) in [6, 6.07) is 6.85. The summed E-state index contributed by atoms with van der Waals surface area (Å²) in [5.74, 6) is 0. The van der Waals surface area contributed by atoms with Crippen LogP contribution in [-0.4, -0.2) is 30.6 Å². The van der Waals surface area contributed by atoms with Crippen LogP contribution in [0.15, 0.2) is 18.2 Å². The molecule has 0 amide bonds. The minimum Gasteiger partial charge on any atom is -0.361 e. The Morgan fingerprint density at radius 3 is 2.78 bits per heavy atom. The number of rotatable bonds is 4. The molecule has 1 aromatic carbocycles. The molecule has 0 saturated carbocycles. The van der Waals surface area contributed by atoms with Gasteiger partial charge in [0.15, 0.2) is 0 Å². The number of hydrogen-bond donors (Lipinski definition) is 1. The van der Waals surface area contributed by atoms with E-state index in [0.29, 0.717) is 23.8 Å². The van der Waals surface area contributed by atoms with E-state index in [9.17, 15) is 10.1 Å². The minimum absolute atomic E-state index is 0.00259. The highest BCUT2D eigenvalue weighted by Gasteiger charge is 2.28. The Bertz CT molecular complexity index is 505. The fourth-order valence-corrected chi connectivity index (χ4v) is 2.10. The summed E-state index contributed by atoms with van der Waals surface area (Å²) in [7, 11) is 0. The Labute approximate surface area is 105 Å². The quantitative estimate of drug-likeness (QED) is 0.639. The Morgan fingerprint density at radius 1 is 1.61 bits per heavy atom. The molecular formula is C12H14N4O2. The van der Waals surface area contributed by atoms with E-state index in [0.717, 1.165) is 13.1 Å². The molecule has 6 heteroatoms. The first kappa shape index (κ1) is 12.3. The predicted molar refractivity (Wildman–Crippen MR) is 67.5 cm³/mol. The Kier molecular flexibility index (Phi) is 3.44. The molecule has 0 radical (unpaired) electrons. The zero-order valence-corrected chi connectivity index (χ0v) is 10.1. The number of nitrogens with zero attached hydrogens (tertiary/aromatic N) is 3. The summed E-state index contributed by atoms with van der Waals surface area (Å²) in [4.78, 5) is 12.7. The monoisotopic (exact) mass is 246 g/mol. The Balaban J connectivity index is 2.41. The smallest absolute Gasteiger partial charge is 0.293 e. The van der Waals surface area contributed by atoms with E-state index in [1.165, 1.54) is 6.07 Å². The van der Waals surface area contributed by atoms with Crippen molar-refractivity contribution in [1.82, 2.24) is 5.32 Å². The maximum atomic E-state index is 11.1. The summed E-state index contributed by atoms with van der Waals surface area (Å²) in [6.45, 7) is 4.36. The number of benzene rings is 1. The van der Waals surface area contributed by atoms with Gasteiger partial charge in [-0.15, -0.1) is 0 Å². The van der Waals surface area contributed by atoms with Crippen LogP contribution in [0.5, 0.6) is 0 Å². The molecule has 1 N–H and O–H groups in total. The second-order valence-corrected chi connectivity index (χ2v) is 4.17. The maximum absolute atomic E-state index is 11.1. The molecule has 0 spiro atoms. The first-order valence-corrected chi connectivity index (χ1v) is 5.83. The second-order valence-electron chi connectivity index (χ2n) is 4.17. The number of nitro groups is 1. The molecule has 1 fully saturated rings. The van der Waals surface area contributed by atoms with Crippen LogP contribution in [0.2, 0.25) is 0 Å². The first-order chi connectivity index (χ1) is 8.67. The molecule has 1 saturated heterocycles. The van der Waals surface area contributed by atoms with Gasteiger partial charge in [0.05, 0.1) is 22.6 Å². The van der Waals surface area contributed by atoms with Crippen molar-refractivity contribution in [2.24, 2.45) is 0 Å². The molecule has 0 unspecified atom stereocenters. The maximum Gasteiger partial charge on any atom is 0.293 e. The van der Waals surface area contributed by atoms with E-state index in [4.69, 9.17) is 5.26 Å². The number of anilines is 1. The fourth-order valence-electron chi connectivity index (χ4n) is 2.10. The lowest BCUT2D eigenvalue weighted by atomic mass is 10.1. The van der Waals surface area contributed by atoms with Gasteiger partial charge in [0.25, 0.3) is 5.69 Å². The number of likely N-dealkylation sites (N-methyl/N-ethyl adjacent to an activating group) is 1. The molecule has 18 heavy (non-hydrogen) atoms. The molecule has 0 bridgehead atoms. The Hall–Kier alpha value is -2.13. The van der Waals surface area contributed by atoms with Crippen LogP contribution in [-0.2, 0) is 0 Å². The van der Waals surface area contributed by atoms with Crippen molar-refractivity contribution in [3.8, 4) is 6.07 Å². The summed E-state index contributed by atoms with van der Waals surface area (Å²) in [5.41, 5.74) is 0.907. The van der Waals surface area contributed by atoms with Crippen molar-refractivity contribution < 1.29 is 4.92 Å². The topological polar surface area (TPSA) is 82.2 Å². The van der Waals surface area contributed by atoms with E-state index in [1.54, 1.807) is 12.1 Å². The summed E-state index contributed by atoms with van der Waals surface area (Å²) in [5, 5.41) is 23.0. The zero-order valence-electron chi connectivity index (χ0n) is 10.1. The largest absolute Gasteiger partial charge is 0.361 e. The van der Waals surface area contributed by atoms with Gasteiger partial charge >= 0.3 is 0 Å². The van der Waals surface area contributed by atoms with Crippen LogP contribution >= 0.6 is 0 Å². The average molecular weight is 246 g/mol. The lowest BCUT2D eigenvalue weighted by Crippen LogP contribution is -2.57. The van der Waals surface area contributed by atoms with Crippen molar-refractivity contribution in [3.05, 3.63) is 33.9 Å². The van der Waals surface area contributed by atoms with E-state index >= 15 is 0 Å². The van der Waals surface area contributed by atoms with E-state index in [-0.39, 0.29) is 5.69 Å². The van der Waals surface area contributed by atoms with Crippen LogP contribution in [0.4, 0.5) is 11.4 Å². The SMILES string of the molecule is CCN(c1ccc(C#N)cc1[N+](=O)[O-])C1CNC1. The van der Waals surface area contributed by atoms with Crippen molar-refractivity contribution in [1.29, 1.82) is 5.26 Å². The highest BCUT2D eigenvalue weighted by molar-refractivity contribution is 5.66. The predicted octanol–water partition coefficient (Wildman–Crippen LogP) is 1.26. The average Bonchev–Trinajstić information content (AvgIpc) is 2.32. The molecular weight excluding hydrogens is 232 g/mol. The second kappa shape index (κ2) is 5.02. The zero-order chi connectivity index (χ0) is 13.1. The van der Waals surface area contributed by atoms with Gasteiger partial charge in [0.2, 0.25) is 0 Å². The van der Waals surface area contributed by atoms with Crippen molar-refractivity contribution in [2.75, 3.05) is 24.5 Å². The van der Waals surface area contributed by atoms with Gasteiger partial charge < -0.3 is 10.2 Å². The molecule has 1 aliphatic rings. The highest BCUT2D eigenvalue weighted by Crippen LogP contribution is 2.31. The summed E-state index contributed by atoms with van der Waals surface area (Å²) < 4.78 is 0.